The molecular formula is C10H18O3. The predicted octanol–water partition coefficient (Wildman–Crippen LogP) is 0.543. The van der Waals surface area contributed by atoms with E-state index in [1.165, 1.54) is 0 Å². The molecule has 1 aliphatic heterocycles. The maximum Gasteiger partial charge on any atom is 0.107 e. The lowest BCUT2D eigenvalue weighted by atomic mass is 9.88. The normalized spacial score (nSPS) is 48.0. The van der Waals surface area contributed by atoms with Gasteiger partial charge in [-0.1, -0.05) is 13.8 Å². The average molecular weight is 186 g/mol. The minimum atomic E-state index is -0.461. The van der Waals surface area contributed by atoms with Crippen LogP contribution < -0.4 is 0 Å². The quantitative estimate of drug-likeness (QED) is 0.628. The Morgan fingerprint density at radius 1 is 1.38 bits per heavy atom. The summed E-state index contributed by atoms with van der Waals surface area (Å²) in [5.74, 6) is 0.243. The molecule has 0 spiro atoms. The topological polar surface area (TPSA) is 49.7 Å². The summed E-state index contributed by atoms with van der Waals surface area (Å²) in [6, 6.07) is 0. The molecule has 4 atom stereocenters. The second kappa shape index (κ2) is 2.94. The van der Waals surface area contributed by atoms with Crippen molar-refractivity contribution in [2.24, 2.45) is 11.3 Å². The highest BCUT2D eigenvalue weighted by molar-refractivity contribution is 4.99. The van der Waals surface area contributed by atoms with Gasteiger partial charge in [0, 0.05) is 5.92 Å². The van der Waals surface area contributed by atoms with Crippen molar-refractivity contribution in [3.05, 3.63) is 0 Å². The Morgan fingerprint density at radius 3 is 2.62 bits per heavy atom. The summed E-state index contributed by atoms with van der Waals surface area (Å²) in [6.45, 7) is 4.35. The van der Waals surface area contributed by atoms with Crippen molar-refractivity contribution in [3.8, 4) is 0 Å². The molecule has 1 saturated heterocycles. The molecule has 1 heterocycles. The van der Waals surface area contributed by atoms with Crippen LogP contribution in [0.4, 0.5) is 0 Å². The van der Waals surface area contributed by atoms with Crippen LogP contribution >= 0.6 is 0 Å². The smallest absolute Gasteiger partial charge is 0.107 e. The van der Waals surface area contributed by atoms with Crippen LogP contribution in [-0.2, 0) is 4.74 Å². The third-order valence-corrected chi connectivity index (χ3v) is 3.37. The van der Waals surface area contributed by atoms with Crippen LogP contribution in [0.25, 0.3) is 0 Å². The van der Waals surface area contributed by atoms with Crippen LogP contribution in [0.1, 0.15) is 26.7 Å². The molecule has 3 nitrogen and oxygen atoms in total. The van der Waals surface area contributed by atoms with Gasteiger partial charge in [-0.05, 0) is 18.3 Å². The first-order chi connectivity index (χ1) is 6.03. The first-order valence-electron chi connectivity index (χ1n) is 4.98. The van der Waals surface area contributed by atoms with E-state index in [2.05, 4.69) is 13.8 Å². The highest BCUT2D eigenvalue weighted by Crippen LogP contribution is 2.48. The van der Waals surface area contributed by atoms with E-state index in [1.54, 1.807) is 0 Å². The van der Waals surface area contributed by atoms with Crippen LogP contribution in [0.15, 0.2) is 0 Å². The fraction of sp³-hybridized carbons (Fsp3) is 1.00. The summed E-state index contributed by atoms with van der Waals surface area (Å²) in [4.78, 5) is 0. The van der Waals surface area contributed by atoms with Gasteiger partial charge in [-0.2, -0.15) is 0 Å². The van der Waals surface area contributed by atoms with Crippen molar-refractivity contribution >= 4 is 0 Å². The van der Waals surface area contributed by atoms with Gasteiger partial charge >= 0.3 is 0 Å². The molecule has 2 aliphatic rings. The SMILES string of the molecule is CC1(C)C[C@H]2[C@H](O)[C@H](CO)O[C@H]2C1. The summed E-state index contributed by atoms with van der Waals surface area (Å²) >= 11 is 0. The van der Waals surface area contributed by atoms with E-state index in [0.29, 0.717) is 0 Å². The molecule has 0 bridgehead atoms. The highest BCUT2D eigenvalue weighted by Gasteiger charge is 2.51. The summed E-state index contributed by atoms with van der Waals surface area (Å²) in [5.41, 5.74) is 0.288. The maximum atomic E-state index is 9.81. The van der Waals surface area contributed by atoms with E-state index in [-0.39, 0.29) is 30.1 Å². The lowest BCUT2D eigenvalue weighted by molar-refractivity contribution is -0.0313. The second-order valence-corrected chi connectivity index (χ2v) is 5.12. The molecule has 2 N–H and O–H groups in total. The minimum absolute atomic E-state index is 0.0609. The number of fused-ring (bicyclic) bond motifs is 1. The molecule has 0 unspecified atom stereocenters. The highest BCUT2D eigenvalue weighted by atomic mass is 16.5. The molecule has 0 amide bonds. The van der Waals surface area contributed by atoms with Gasteiger partial charge < -0.3 is 14.9 Å². The Labute approximate surface area is 78.7 Å². The number of aliphatic hydroxyl groups excluding tert-OH is 2. The fourth-order valence-corrected chi connectivity index (χ4v) is 2.77. The Bertz CT molecular complexity index is 202. The van der Waals surface area contributed by atoms with E-state index in [0.717, 1.165) is 12.8 Å². The largest absolute Gasteiger partial charge is 0.394 e. The van der Waals surface area contributed by atoms with Crippen LogP contribution in [-0.4, -0.2) is 35.1 Å². The molecule has 1 aliphatic carbocycles. The van der Waals surface area contributed by atoms with Gasteiger partial charge in [0.15, 0.2) is 0 Å². The van der Waals surface area contributed by atoms with E-state index in [9.17, 15) is 5.11 Å². The van der Waals surface area contributed by atoms with E-state index < -0.39 is 6.10 Å². The lowest BCUT2D eigenvalue weighted by Crippen LogP contribution is -2.30. The zero-order chi connectivity index (χ0) is 9.64. The Kier molecular flexibility index (Phi) is 2.13. The van der Waals surface area contributed by atoms with Gasteiger partial charge in [0.1, 0.15) is 6.10 Å². The number of rotatable bonds is 1. The van der Waals surface area contributed by atoms with E-state index in [1.807, 2.05) is 0 Å². The monoisotopic (exact) mass is 186 g/mol. The van der Waals surface area contributed by atoms with Gasteiger partial charge in [0.2, 0.25) is 0 Å². The van der Waals surface area contributed by atoms with E-state index >= 15 is 0 Å². The second-order valence-electron chi connectivity index (χ2n) is 5.12. The van der Waals surface area contributed by atoms with Crippen LogP contribution in [0.2, 0.25) is 0 Å². The van der Waals surface area contributed by atoms with Crippen LogP contribution in [0.5, 0.6) is 0 Å². The molecule has 0 aromatic rings. The maximum absolute atomic E-state index is 9.81. The molecule has 2 rings (SSSR count). The molecule has 2 fully saturated rings. The molecule has 0 aromatic carbocycles. The van der Waals surface area contributed by atoms with Crippen LogP contribution in [0.3, 0.4) is 0 Å². The lowest BCUT2D eigenvalue weighted by Gasteiger charge is -2.21. The number of ether oxygens (including phenoxy) is 1. The van der Waals surface area contributed by atoms with Gasteiger partial charge in [-0.15, -0.1) is 0 Å². The minimum Gasteiger partial charge on any atom is -0.394 e. The first kappa shape index (κ1) is 9.44. The number of hydrogen-bond acceptors (Lipinski definition) is 3. The molecule has 76 valence electrons. The number of aliphatic hydroxyl groups is 2. The Hall–Kier alpha value is -0.120. The fourth-order valence-electron chi connectivity index (χ4n) is 2.77. The van der Waals surface area contributed by atoms with Crippen molar-refractivity contribution < 1.29 is 14.9 Å². The summed E-state index contributed by atoms with van der Waals surface area (Å²) in [5, 5.41) is 18.7. The standard InChI is InChI=1S/C10H18O3/c1-10(2)3-6-7(4-10)13-8(5-11)9(6)12/h6-9,11-12H,3-5H2,1-2H3/t6-,7+,8+,9+/m1/s1. The van der Waals surface area contributed by atoms with E-state index in [4.69, 9.17) is 9.84 Å². The summed E-state index contributed by atoms with van der Waals surface area (Å²) in [6.07, 6.45) is 1.38. The zero-order valence-electron chi connectivity index (χ0n) is 8.23. The molecule has 0 aromatic heterocycles. The van der Waals surface area contributed by atoms with Crippen molar-refractivity contribution in [2.45, 2.75) is 45.0 Å². The molecule has 3 heteroatoms. The Balaban J connectivity index is 2.07. The van der Waals surface area contributed by atoms with Gasteiger partial charge in [0.25, 0.3) is 0 Å². The average Bonchev–Trinajstić information content (AvgIpc) is 2.47. The molecule has 13 heavy (non-hydrogen) atoms. The third kappa shape index (κ3) is 1.49. The van der Waals surface area contributed by atoms with Crippen LogP contribution in [0, 0.1) is 11.3 Å². The summed E-state index contributed by atoms with van der Waals surface area (Å²) in [7, 11) is 0. The van der Waals surface area contributed by atoms with Crippen molar-refractivity contribution in [1.29, 1.82) is 0 Å². The zero-order valence-corrected chi connectivity index (χ0v) is 8.23. The molecule has 0 radical (unpaired) electrons. The van der Waals surface area contributed by atoms with Gasteiger partial charge in [-0.25, -0.2) is 0 Å². The Morgan fingerprint density at radius 2 is 2.08 bits per heavy atom. The van der Waals surface area contributed by atoms with Crippen molar-refractivity contribution in [1.82, 2.24) is 0 Å². The predicted molar refractivity (Wildman–Crippen MR) is 48.3 cm³/mol. The number of hydrogen-bond donors (Lipinski definition) is 2. The van der Waals surface area contributed by atoms with Gasteiger partial charge in [-0.3, -0.25) is 0 Å². The summed E-state index contributed by atoms with van der Waals surface area (Å²) < 4.78 is 5.58. The molecule has 1 saturated carbocycles. The van der Waals surface area contributed by atoms with Crippen molar-refractivity contribution in [2.75, 3.05) is 6.61 Å². The third-order valence-electron chi connectivity index (χ3n) is 3.37. The van der Waals surface area contributed by atoms with Gasteiger partial charge in [0.05, 0.1) is 18.8 Å². The molecular weight excluding hydrogens is 168 g/mol. The van der Waals surface area contributed by atoms with Crippen molar-refractivity contribution in [3.63, 3.8) is 0 Å². The first-order valence-corrected chi connectivity index (χ1v) is 4.98.